The molecule has 8 heteroatoms. The monoisotopic (exact) mass is 398 g/mol. The van der Waals surface area contributed by atoms with Gasteiger partial charge in [0.15, 0.2) is 0 Å². The molecular formula is C20H22N4O3S. The third-order valence-electron chi connectivity index (χ3n) is 4.71. The number of nitrogen functional groups attached to an aromatic ring is 1. The molecule has 0 unspecified atom stereocenters. The number of amides is 1. The van der Waals surface area contributed by atoms with Crippen LogP contribution in [0.2, 0.25) is 0 Å². The van der Waals surface area contributed by atoms with Gasteiger partial charge >= 0.3 is 6.09 Å². The van der Waals surface area contributed by atoms with E-state index in [2.05, 4.69) is 11.1 Å². The SMILES string of the molecule is CC1(C)OC[C@H](C[C@@H](Sc2cc(N)ncc2C#N)c2ccccc2)N1C(=O)O. The van der Waals surface area contributed by atoms with E-state index in [4.69, 9.17) is 10.5 Å². The summed E-state index contributed by atoms with van der Waals surface area (Å²) in [5, 5.41) is 19.0. The molecule has 0 spiro atoms. The molecule has 1 aromatic carbocycles. The van der Waals surface area contributed by atoms with Gasteiger partial charge in [-0.05, 0) is 31.9 Å². The van der Waals surface area contributed by atoms with Gasteiger partial charge in [-0.3, -0.25) is 4.90 Å². The van der Waals surface area contributed by atoms with Gasteiger partial charge in [0, 0.05) is 16.3 Å². The summed E-state index contributed by atoms with van der Waals surface area (Å²) >= 11 is 1.49. The summed E-state index contributed by atoms with van der Waals surface area (Å²) in [5.41, 5.74) is 6.43. The Bertz CT molecular complexity index is 898. The van der Waals surface area contributed by atoms with Crippen LogP contribution in [0.3, 0.4) is 0 Å². The number of thioether (sulfide) groups is 1. The molecule has 7 nitrogen and oxygen atoms in total. The van der Waals surface area contributed by atoms with Crippen LogP contribution in [0.25, 0.3) is 0 Å². The average Bonchev–Trinajstić information content (AvgIpc) is 2.96. The van der Waals surface area contributed by atoms with Crippen molar-refractivity contribution in [2.24, 2.45) is 0 Å². The summed E-state index contributed by atoms with van der Waals surface area (Å²) in [6, 6.07) is 13.4. The average molecular weight is 398 g/mol. The van der Waals surface area contributed by atoms with Crippen LogP contribution >= 0.6 is 11.8 Å². The van der Waals surface area contributed by atoms with Gasteiger partial charge in [-0.25, -0.2) is 9.78 Å². The molecule has 28 heavy (non-hydrogen) atoms. The van der Waals surface area contributed by atoms with Crippen LogP contribution in [-0.2, 0) is 4.74 Å². The first-order chi connectivity index (χ1) is 13.3. The third kappa shape index (κ3) is 4.21. The zero-order valence-electron chi connectivity index (χ0n) is 15.7. The summed E-state index contributed by atoms with van der Waals surface area (Å²) < 4.78 is 5.73. The predicted molar refractivity (Wildman–Crippen MR) is 107 cm³/mol. The fourth-order valence-corrected chi connectivity index (χ4v) is 4.73. The minimum absolute atomic E-state index is 0.0838. The topological polar surface area (TPSA) is 112 Å². The molecule has 0 radical (unpaired) electrons. The van der Waals surface area contributed by atoms with E-state index < -0.39 is 11.8 Å². The molecule has 2 atom stereocenters. The van der Waals surface area contributed by atoms with Crippen molar-refractivity contribution in [3.8, 4) is 6.07 Å². The Morgan fingerprint density at radius 3 is 2.86 bits per heavy atom. The fourth-order valence-electron chi connectivity index (χ4n) is 3.40. The quantitative estimate of drug-likeness (QED) is 0.735. The summed E-state index contributed by atoms with van der Waals surface area (Å²) in [7, 11) is 0. The molecule has 3 rings (SSSR count). The maximum Gasteiger partial charge on any atom is 0.409 e. The number of benzene rings is 1. The Kier molecular flexibility index (Phi) is 5.77. The van der Waals surface area contributed by atoms with Gasteiger partial charge in [0.2, 0.25) is 0 Å². The molecule has 0 aliphatic carbocycles. The molecule has 1 saturated heterocycles. The van der Waals surface area contributed by atoms with Crippen molar-refractivity contribution in [2.45, 2.75) is 42.2 Å². The van der Waals surface area contributed by atoms with Gasteiger partial charge < -0.3 is 15.6 Å². The maximum atomic E-state index is 11.8. The number of nitrogens with two attached hydrogens (primary N) is 1. The Hall–Kier alpha value is -2.76. The highest BCUT2D eigenvalue weighted by Crippen LogP contribution is 2.43. The van der Waals surface area contributed by atoms with Crippen LogP contribution in [-0.4, -0.2) is 39.5 Å². The van der Waals surface area contributed by atoms with Crippen molar-refractivity contribution in [1.29, 1.82) is 5.26 Å². The number of carboxylic acid groups (broad SMARTS) is 1. The van der Waals surface area contributed by atoms with Gasteiger partial charge in [-0.15, -0.1) is 11.8 Å². The van der Waals surface area contributed by atoms with E-state index in [0.29, 0.717) is 24.4 Å². The minimum atomic E-state index is -1.00. The molecule has 1 aliphatic rings. The highest BCUT2D eigenvalue weighted by atomic mass is 32.2. The van der Waals surface area contributed by atoms with Gasteiger partial charge in [0.05, 0.1) is 18.2 Å². The highest BCUT2D eigenvalue weighted by molar-refractivity contribution is 7.99. The van der Waals surface area contributed by atoms with E-state index >= 15 is 0 Å². The van der Waals surface area contributed by atoms with Crippen molar-refractivity contribution < 1.29 is 14.6 Å². The van der Waals surface area contributed by atoms with Crippen molar-refractivity contribution in [3.63, 3.8) is 0 Å². The number of rotatable bonds is 5. The van der Waals surface area contributed by atoms with E-state index in [-0.39, 0.29) is 11.3 Å². The van der Waals surface area contributed by atoms with E-state index in [1.165, 1.54) is 22.9 Å². The Labute approximate surface area is 168 Å². The van der Waals surface area contributed by atoms with Crippen molar-refractivity contribution in [3.05, 3.63) is 53.7 Å². The zero-order chi connectivity index (χ0) is 20.3. The lowest BCUT2D eigenvalue weighted by atomic mass is 10.0. The number of aromatic nitrogens is 1. The number of pyridine rings is 1. The molecule has 0 bridgehead atoms. The first-order valence-electron chi connectivity index (χ1n) is 8.85. The smallest absolute Gasteiger partial charge is 0.409 e. The summed E-state index contributed by atoms with van der Waals surface area (Å²) in [6.07, 6.45) is 0.998. The second-order valence-electron chi connectivity index (χ2n) is 7.03. The van der Waals surface area contributed by atoms with Crippen LogP contribution in [0.15, 0.2) is 47.5 Å². The third-order valence-corrected chi connectivity index (χ3v) is 6.06. The number of hydrogen-bond acceptors (Lipinski definition) is 6. The molecule has 1 aliphatic heterocycles. The van der Waals surface area contributed by atoms with Gasteiger partial charge in [-0.1, -0.05) is 30.3 Å². The van der Waals surface area contributed by atoms with E-state index in [0.717, 1.165) is 10.5 Å². The second kappa shape index (κ2) is 8.09. The lowest BCUT2D eigenvalue weighted by molar-refractivity contribution is -0.0421. The Morgan fingerprint density at radius 2 is 2.21 bits per heavy atom. The molecule has 1 fully saturated rings. The van der Waals surface area contributed by atoms with Gasteiger partial charge in [-0.2, -0.15) is 5.26 Å². The Balaban J connectivity index is 1.92. The number of nitriles is 1. The number of ether oxygens (including phenoxy) is 1. The number of anilines is 1. The fraction of sp³-hybridized carbons (Fsp3) is 0.350. The maximum absolute atomic E-state index is 11.8. The largest absolute Gasteiger partial charge is 0.465 e. The summed E-state index contributed by atoms with van der Waals surface area (Å²) in [6.45, 7) is 3.83. The van der Waals surface area contributed by atoms with Crippen LogP contribution < -0.4 is 5.73 Å². The summed E-state index contributed by atoms with van der Waals surface area (Å²) in [5.74, 6) is 0.339. The van der Waals surface area contributed by atoms with Crippen molar-refractivity contribution in [2.75, 3.05) is 12.3 Å². The molecule has 2 aromatic rings. The molecule has 3 N–H and O–H groups in total. The van der Waals surface area contributed by atoms with Crippen molar-refractivity contribution >= 4 is 23.7 Å². The minimum Gasteiger partial charge on any atom is -0.465 e. The molecule has 1 amide bonds. The number of carbonyl (C=O) groups is 1. The molecular weight excluding hydrogens is 376 g/mol. The molecule has 1 aromatic heterocycles. The highest BCUT2D eigenvalue weighted by Gasteiger charge is 2.44. The van der Waals surface area contributed by atoms with E-state index in [1.54, 1.807) is 19.9 Å². The number of hydrogen-bond donors (Lipinski definition) is 2. The van der Waals surface area contributed by atoms with E-state index in [1.807, 2.05) is 30.3 Å². The van der Waals surface area contributed by atoms with Gasteiger partial charge in [0.1, 0.15) is 17.6 Å². The first kappa shape index (κ1) is 20.0. The lowest BCUT2D eigenvalue weighted by Gasteiger charge is -2.32. The van der Waals surface area contributed by atoms with E-state index in [9.17, 15) is 15.2 Å². The second-order valence-corrected chi connectivity index (χ2v) is 8.28. The summed E-state index contributed by atoms with van der Waals surface area (Å²) in [4.78, 5) is 17.9. The zero-order valence-corrected chi connectivity index (χ0v) is 16.5. The van der Waals surface area contributed by atoms with Crippen LogP contribution in [0.4, 0.5) is 10.6 Å². The van der Waals surface area contributed by atoms with Crippen molar-refractivity contribution in [1.82, 2.24) is 9.88 Å². The number of nitrogens with zero attached hydrogens (tertiary/aromatic N) is 3. The Morgan fingerprint density at radius 1 is 1.50 bits per heavy atom. The lowest BCUT2D eigenvalue weighted by Crippen LogP contribution is -2.47. The van der Waals surface area contributed by atoms with Gasteiger partial charge in [0.25, 0.3) is 0 Å². The standard InChI is InChI=1S/C20H22N4O3S/c1-20(2)24(19(25)26)15(12-27-20)8-16(13-6-4-3-5-7-13)28-17-9-18(22)23-11-14(17)10-21/h3-7,9,11,15-16H,8,12H2,1-2H3,(H2,22,23)(H,25,26)/t15-,16+/m0/s1. The normalized spacial score (nSPS) is 19.2. The molecule has 2 heterocycles. The van der Waals surface area contributed by atoms with Crippen LogP contribution in [0.1, 0.15) is 36.6 Å². The predicted octanol–water partition coefficient (Wildman–Crippen LogP) is 3.87. The van der Waals surface area contributed by atoms with Crippen LogP contribution in [0.5, 0.6) is 0 Å². The molecule has 146 valence electrons. The first-order valence-corrected chi connectivity index (χ1v) is 9.73. The van der Waals surface area contributed by atoms with Crippen LogP contribution in [0, 0.1) is 11.3 Å². The molecule has 0 saturated carbocycles.